The van der Waals surface area contributed by atoms with E-state index in [0.717, 1.165) is 12.8 Å². The van der Waals surface area contributed by atoms with Crippen molar-refractivity contribution >= 4 is 5.97 Å². The van der Waals surface area contributed by atoms with E-state index in [2.05, 4.69) is 6.92 Å². The largest absolute Gasteiger partial charge is 0.478 e. The van der Waals surface area contributed by atoms with Crippen LogP contribution < -0.4 is 5.56 Å². The Balaban J connectivity index is 2.39. The second-order valence-electron chi connectivity index (χ2n) is 5.41. The summed E-state index contributed by atoms with van der Waals surface area (Å²) < 4.78 is 7.22. The Hall–Kier alpha value is -1.62. The topological polar surface area (TPSA) is 68.5 Å². The molecule has 2 atom stereocenters. The van der Waals surface area contributed by atoms with Crippen LogP contribution in [-0.4, -0.2) is 28.4 Å². The van der Waals surface area contributed by atoms with Crippen molar-refractivity contribution in [3.8, 4) is 0 Å². The van der Waals surface area contributed by atoms with E-state index in [1.165, 1.54) is 6.07 Å². The van der Waals surface area contributed by atoms with Crippen molar-refractivity contribution in [2.75, 3.05) is 6.61 Å². The summed E-state index contributed by atoms with van der Waals surface area (Å²) in [4.78, 5) is 23.5. The number of ether oxygens (including phenoxy) is 1. The van der Waals surface area contributed by atoms with Crippen LogP contribution in [0.1, 0.15) is 41.4 Å². The molecule has 1 aromatic rings. The number of aromatic nitrogens is 1. The summed E-state index contributed by atoms with van der Waals surface area (Å²) in [6.07, 6.45) is 1.99. The van der Waals surface area contributed by atoms with Crippen molar-refractivity contribution in [3.63, 3.8) is 0 Å². The summed E-state index contributed by atoms with van der Waals surface area (Å²) in [6, 6.07) is 1.41. The van der Waals surface area contributed by atoms with E-state index in [-0.39, 0.29) is 23.1 Å². The molecular formula is C15H21NO4. The summed E-state index contributed by atoms with van der Waals surface area (Å²) in [5.74, 6) is -0.704. The van der Waals surface area contributed by atoms with Crippen molar-refractivity contribution in [3.05, 3.63) is 33.2 Å². The molecule has 0 radical (unpaired) electrons. The van der Waals surface area contributed by atoms with Gasteiger partial charge < -0.3 is 14.4 Å². The quantitative estimate of drug-likeness (QED) is 0.915. The van der Waals surface area contributed by atoms with E-state index in [1.807, 2.05) is 0 Å². The maximum Gasteiger partial charge on any atom is 0.337 e. The van der Waals surface area contributed by atoms with Crippen molar-refractivity contribution in [1.29, 1.82) is 0 Å². The fourth-order valence-corrected chi connectivity index (χ4v) is 3.06. The van der Waals surface area contributed by atoms with Crippen LogP contribution in [0.2, 0.25) is 0 Å². The van der Waals surface area contributed by atoms with Crippen LogP contribution in [-0.2, 0) is 11.3 Å². The van der Waals surface area contributed by atoms with Crippen molar-refractivity contribution < 1.29 is 14.6 Å². The Labute approximate surface area is 118 Å². The molecule has 0 aromatic carbocycles. The molecule has 0 spiro atoms. The lowest BCUT2D eigenvalue weighted by Gasteiger charge is -2.21. The van der Waals surface area contributed by atoms with Gasteiger partial charge in [0.05, 0.1) is 11.7 Å². The van der Waals surface area contributed by atoms with Gasteiger partial charge in [-0.1, -0.05) is 6.92 Å². The summed E-state index contributed by atoms with van der Waals surface area (Å²) in [5, 5.41) is 9.28. The van der Waals surface area contributed by atoms with Crippen LogP contribution in [0.15, 0.2) is 10.9 Å². The van der Waals surface area contributed by atoms with Gasteiger partial charge in [-0.15, -0.1) is 0 Å². The Morgan fingerprint density at radius 1 is 1.50 bits per heavy atom. The van der Waals surface area contributed by atoms with Crippen LogP contribution >= 0.6 is 0 Å². The third kappa shape index (κ3) is 2.63. The number of hydrogen-bond donors (Lipinski definition) is 1. The van der Waals surface area contributed by atoms with Gasteiger partial charge in [-0.2, -0.15) is 0 Å². The number of nitrogens with zero attached hydrogens (tertiary/aromatic N) is 1. The minimum atomic E-state index is -0.983. The van der Waals surface area contributed by atoms with Gasteiger partial charge in [0.25, 0.3) is 5.56 Å². The Kier molecular flexibility index (Phi) is 4.28. The van der Waals surface area contributed by atoms with Crippen LogP contribution in [0.25, 0.3) is 0 Å². The molecule has 110 valence electrons. The van der Waals surface area contributed by atoms with Gasteiger partial charge in [-0.05, 0) is 32.3 Å². The number of aromatic carboxylic acids is 1. The van der Waals surface area contributed by atoms with Gasteiger partial charge in [0.1, 0.15) is 0 Å². The molecular weight excluding hydrogens is 258 g/mol. The zero-order valence-corrected chi connectivity index (χ0v) is 12.2. The van der Waals surface area contributed by atoms with E-state index in [1.54, 1.807) is 18.4 Å². The van der Waals surface area contributed by atoms with Gasteiger partial charge >= 0.3 is 5.97 Å². The molecule has 2 rings (SSSR count). The molecule has 20 heavy (non-hydrogen) atoms. The summed E-state index contributed by atoms with van der Waals surface area (Å²) >= 11 is 0. The molecule has 1 aliphatic rings. The van der Waals surface area contributed by atoms with Crippen molar-refractivity contribution in [2.24, 2.45) is 5.92 Å². The smallest absolute Gasteiger partial charge is 0.337 e. The molecule has 2 heterocycles. The van der Waals surface area contributed by atoms with Gasteiger partial charge in [0.2, 0.25) is 0 Å². The molecule has 0 aliphatic carbocycles. The predicted octanol–water partition coefficient (Wildman–Crippen LogP) is 1.98. The summed E-state index contributed by atoms with van der Waals surface area (Å²) in [7, 11) is 0. The number of rotatable bonds is 4. The van der Waals surface area contributed by atoms with E-state index < -0.39 is 5.97 Å². The Bertz CT molecular complexity index is 576. The number of carbonyl (C=O) groups is 1. The van der Waals surface area contributed by atoms with Crippen LogP contribution in [0, 0.1) is 19.8 Å². The average molecular weight is 279 g/mol. The Morgan fingerprint density at radius 2 is 2.20 bits per heavy atom. The third-order valence-corrected chi connectivity index (χ3v) is 4.15. The minimum absolute atomic E-state index is 0.133. The lowest BCUT2D eigenvalue weighted by molar-refractivity contribution is 0.0693. The van der Waals surface area contributed by atoms with Crippen LogP contribution in [0.4, 0.5) is 0 Å². The lowest BCUT2D eigenvalue weighted by atomic mass is 9.98. The molecule has 0 bridgehead atoms. The van der Waals surface area contributed by atoms with Gasteiger partial charge in [0.15, 0.2) is 0 Å². The molecule has 2 unspecified atom stereocenters. The molecule has 1 fully saturated rings. The van der Waals surface area contributed by atoms with Crippen molar-refractivity contribution in [2.45, 2.75) is 46.3 Å². The molecule has 5 nitrogen and oxygen atoms in total. The lowest BCUT2D eigenvalue weighted by Crippen LogP contribution is -2.31. The Morgan fingerprint density at radius 3 is 2.80 bits per heavy atom. The first-order chi connectivity index (χ1) is 9.45. The number of carboxylic acids is 1. The standard InChI is InChI=1S/C15H21NO4/c1-4-12-11(5-6-20-12)8-16-10(3)14(15(18)19)9(2)7-13(16)17/h7,11-12H,4-6,8H2,1-3H3,(H,18,19). The van der Waals surface area contributed by atoms with E-state index in [9.17, 15) is 14.7 Å². The molecule has 1 saturated heterocycles. The number of carboxylic acid groups (broad SMARTS) is 1. The third-order valence-electron chi connectivity index (χ3n) is 4.15. The fourth-order valence-electron chi connectivity index (χ4n) is 3.06. The molecule has 0 saturated carbocycles. The van der Waals surface area contributed by atoms with E-state index in [0.29, 0.717) is 24.4 Å². The number of pyridine rings is 1. The summed E-state index contributed by atoms with van der Waals surface area (Å²) in [5.41, 5.74) is 1.15. The number of aryl methyl sites for hydroxylation is 1. The van der Waals surface area contributed by atoms with E-state index in [4.69, 9.17) is 4.74 Å². The number of hydrogen-bond acceptors (Lipinski definition) is 3. The normalized spacial score (nSPS) is 22.1. The zero-order valence-electron chi connectivity index (χ0n) is 12.2. The molecule has 1 aliphatic heterocycles. The highest BCUT2D eigenvalue weighted by Gasteiger charge is 2.28. The predicted molar refractivity (Wildman–Crippen MR) is 75.3 cm³/mol. The van der Waals surface area contributed by atoms with Gasteiger partial charge in [0, 0.05) is 30.8 Å². The molecule has 5 heteroatoms. The first-order valence-electron chi connectivity index (χ1n) is 7.01. The highest BCUT2D eigenvalue weighted by Crippen LogP contribution is 2.25. The highest BCUT2D eigenvalue weighted by molar-refractivity contribution is 5.90. The van der Waals surface area contributed by atoms with Crippen LogP contribution in [0.5, 0.6) is 0 Å². The minimum Gasteiger partial charge on any atom is -0.478 e. The summed E-state index contributed by atoms with van der Waals surface area (Å²) in [6.45, 7) is 6.68. The average Bonchev–Trinajstić information content (AvgIpc) is 2.80. The molecule has 1 aromatic heterocycles. The van der Waals surface area contributed by atoms with Crippen LogP contribution in [0.3, 0.4) is 0 Å². The second-order valence-corrected chi connectivity index (χ2v) is 5.41. The monoisotopic (exact) mass is 279 g/mol. The first kappa shape index (κ1) is 14.8. The molecule has 1 N–H and O–H groups in total. The van der Waals surface area contributed by atoms with Crippen molar-refractivity contribution in [1.82, 2.24) is 4.57 Å². The SMILES string of the molecule is CCC1OCCC1Cn1c(C)c(C(=O)O)c(C)cc1=O. The second kappa shape index (κ2) is 5.79. The zero-order chi connectivity index (χ0) is 14.9. The van der Waals surface area contributed by atoms with Gasteiger partial charge in [-0.25, -0.2) is 4.79 Å². The van der Waals surface area contributed by atoms with Gasteiger partial charge in [-0.3, -0.25) is 4.79 Å². The first-order valence-corrected chi connectivity index (χ1v) is 7.01. The van der Waals surface area contributed by atoms with E-state index >= 15 is 0 Å². The molecule has 0 amide bonds. The maximum atomic E-state index is 12.1. The fraction of sp³-hybridized carbons (Fsp3) is 0.600. The maximum absolute atomic E-state index is 12.1. The highest BCUT2D eigenvalue weighted by atomic mass is 16.5.